The van der Waals surface area contributed by atoms with Crippen LogP contribution in [0, 0.1) is 0 Å². The molecule has 180 valence electrons. The summed E-state index contributed by atoms with van der Waals surface area (Å²) in [6.45, 7) is 0.528. The second-order valence-corrected chi connectivity index (χ2v) is 7.91. The quantitative estimate of drug-likeness (QED) is 0.321. The first-order valence-corrected chi connectivity index (χ1v) is 11.4. The van der Waals surface area contributed by atoms with E-state index in [9.17, 15) is 14.4 Å². The zero-order valence-electron chi connectivity index (χ0n) is 19.4. The molecule has 0 heterocycles. The Hall–Kier alpha value is -4.91. The van der Waals surface area contributed by atoms with Gasteiger partial charge in [0.15, 0.2) is 0 Å². The van der Waals surface area contributed by atoms with Crippen molar-refractivity contribution in [2.75, 3.05) is 11.9 Å². The van der Waals surface area contributed by atoms with Crippen LogP contribution in [-0.4, -0.2) is 24.3 Å². The fraction of sp³-hybridized carbons (Fsp3) is 0.0690. The SMILES string of the molecule is O=C(NNC(=O)c1ccc(OCCc2ccccc2)cc1)c1ccc(NC(=O)c2ccccc2)cc1. The maximum atomic E-state index is 12.4. The Labute approximate surface area is 209 Å². The van der Waals surface area contributed by atoms with Crippen molar-refractivity contribution in [3.63, 3.8) is 0 Å². The van der Waals surface area contributed by atoms with Gasteiger partial charge in [0, 0.05) is 28.8 Å². The van der Waals surface area contributed by atoms with Crippen LogP contribution in [0.5, 0.6) is 5.75 Å². The molecule has 0 bridgehead atoms. The molecule has 0 fully saturated rings. The third kappa shape index (κ3) is 6.80. The van der Waals surface area contributed by atoms with Gasteiger partial charge in [-0.1, -0.05) is 48.5 Å². The molecule has 0 unspecified atom stereocenters. The maximum absolute atomic E-state index is 12.4. The van der Waals surface area contributed by atoms with E-state index in [-0.39, 0.29) is 5.91 Å². The van der Waals surface area contributed by atoms with Crippen molar-refractivity contribution in [3.8, 4) is 5.75 Å². The molecule has 7 nitrogen and oxygen atoms in total. The molecule has 0 saturated carbocycles. The molecule has 4 rings (SSSR count). The minimum Gasteiger partial charge on any atom is -0.493 e. The molecule has 7 heteroatoms. The predicted octanol–water partition coefficient (Wildman–Crippen LogP) is 4.64. The second-order valence-electron chi connectivity index (χ2n) is 7.91. The maximum Gasteiger partial charge on any atom is 0.269 e. The number of hydrogen-bond acceptors (Lipinski definition) is 4. The normalized spacial score (nSPS) is 10.2. The Morgan fingerprint density at radius 2 is 1.06 bits per heavy atom. The fourth-order valence-electron chi connectivity index (χ4n) is 3.39. The molecule has 0 radical (unpaired) electrons. The van der Waals surface area contributed by atoms with E-state index >= 15 is 0 Å². The summed E-state index contributed by atoms with van der Waals surface area (Å²) < 4.78 is 5.73. The average Bonchev–Trinajstić information content (AvgIpc) is 2.93. The van der Waals surface area contributed by atoms with Crippen LogP contribution in [0.3, 0.4) is 0 Å². The lowest BCUT2D eigenvalue weighted by atomic mass is 10.1. The topological polar surface area (TPSA) is 96.5 Å². The highest BCUT2D eigenvalue weighted by atomic mass is 16.5. The van der Waals surface area contributed by atoms with Crippen LogP contribution in [0.4, 0.5) is 5.69 Å². The third-order valence-electron chi connectivity index (χ3n) is 5.35. The number of ether oxygens (including phenoxy) is 1. The molecule has 0 aliphatic carbocycles. The minimum atomic E-state index is -0.481. The number of carbonyl (C=O) groups excluding carboxylic acids is 3. The van der Waals surface area contributed by atoms with Crippen LogP contribution in [0.15, 0.2) is 109 Å². The standard InChI is InChI=1S/C29H25N3O4/c33-27(22-9-5-2-6-10-22)30-25-15-11-23(12-16-25)28(34)31-32-29(35)24-13-17-26(18-14-24)36-20-19-21-7-3-1-4-8-21/h1-18H,19-20H2,(H,30,33)(H,31,34)(H,32,35). The lowest BCUT2D eigenvalue weighted by Crippen LogP contribution is -2.41. The van der Waals surface area contributed by atoms with Crippen LogP contribution < -0.4 is 20.9 Å². The van der Waals surface area contributed by atoms with Gasteiger partial charge in [-0.2, -0.15) is 0 Å². The van der Waals surface area contributed by atoms with Gasteiger partial charge in [-0.3, -0.25) is 25.2 Å². The van der Waals surface area contributed by atoms with Crippen molar-refractivity contribution in [1.82, 2.24) is 10.9 Å². The molecule has 4 aromatic carbocycles. The van der Waals surface area contributed by atoms with E-state index in [1.807, 2.05) is 36.4 Å². The number of hydrazine groups is 1. The van der Waals surface area contributed by atoms with E-state index in [0.717, 1.165) is 6.42 Å². The number of benzene rings is 4. The highest BCUT2D eigenvalue weighted by Crippen LogP contribution is 2.14. The molecule has 3 amide bonds. The van der Waals surface area contributed by atoms with Crippen molar-refractivity contribution in [2.24, 2.45) is 0 Å². The first-order valence-electron chi connectivity index (χ1n) is 11.4. The summed E-state index contributed by atoms with van der Waals surface area (Å²) in [5, 5.41) is 2.77. The van der Waals surface area contributed by atoms with Gasteiger partial charge in [0.2, 0.25) is 0 Å². The van der Waals surface area contributed by atoms with E-state index in [0.29, 0.717) is 34.7 Å². The van der Waals surface area contributed by atoms with Crippen molar-refractivity contribution in [1.29, 1.82) is 0 Å². The zero-order chi connectivity index (χ0) is 25.2. The zero-order valence-corrected chi connectivity index (χ0v) is 19.4. The molecular weight excluding hydrogens is 454 g/mol. The summed E-state index contributed by atoms with van der Waals surface area (Å²) in [4.78, 5) is 37.0. The molecule has 0 aliphatic heterocycles. The predicted molar refractivity (Wildman–Crippen MR) is 138 cm³/mol. The number of anilines is 1. The monoisotopic (exact) mass is 479 g/mol. The van der Waals surface area contributed by atoms with Gasteiger partial charge in [-0.25, -0.2) is 0 Å². The summed E-state index contributed by atoms with van der Waals surface area (Å²) in [6, 6.07) is 31.9. The molecule has 4 aromatic rings. The van der Waals surface area contributed by atoms with Gasteiger partial charge in [0.1, 0.15) is 5.75 Å². The summed E-state index contributed by atoms with van der Waals surface area (Å²) in [5.74, 6) is -0.519. The Balaban J connectivity index is 1.22. The first kappa shape index (κ1) is 24.2. The highest BCUT2D eigenvalue weighted by Gasteiger charge is 2.11. The van der Waals surface area contributed by atoms with Crippen molar-refractivity contribution < 1.29 is 19.1 Å². The molecule has 0 atom stereocenters. The van der Waals surface area contributed by atoms with Crippen LogP contribution in [-0.2, 0) is 6.42 Å². The van der Waals surface area contributed by atoms with E-state index in [1.165, 1.54) is 5.56 Å². The number of amides is 3. The third-order valence-corrected chi connectivity index (χ3v) is 5.35. The number of carbonyl (C=O) groups is 3. The molecule has 36 heavy (non-hydrogen) atoms. The molecule has 0 saturated heterocycles. The Morgan fingerprint density at radius 1 is 0.556 bits per heavy atom. The fourth-order valence-corrected chi connectivity index (χ4v) is 3.39. The molecule has 0 aromatic heterocycles. The summed E-state index contributed by atoms with van der Waals surface area (Å²) in [5.41, 5.74) is 7.78. The van der Waals surface area contributed by atoms with Crippen LogP contribution in [0.25, 0.3) is 0 Å². The van der Waals surface area contributed by atoms with Gasteiger partial charge < -0.3 is 10.1 Å². The number of nitrogens with one attached hydrogen (secondary N) is 3. The van der Waals surface area contributed by atoms with Gasteiger partial charge in [-0.15, -0.1) is 0 Å². The lowest BCUT2D eigenvalue weighted by molar-refractivity contribution is 0.0846. The van der Waals surface area contributed by atoms with Crippen molar-refractivity contribution in [3.05, 3.63) is 131 Å². The Kier molecular flexibility index (Phi) is 8.07. The smallest absolute Gasteiger partial charge is 0.269 e. The Bertz CT molecular complexity index is 1310. The first-order chi connectivity index (χ1) is 17.6. The minimum absolute atomic E-state index is 0.243. The van der Waals surface area contributed by atoms with Gasteiger partial charge in [0.25, 0.3) is 17.7 Å². The van der Waals surface area contributed by atoms with E-state index < -0.39 is 11.8 Å². The summed E-state index contributed by atoms with van der Waals surface area (Å²) in [7, 11) is 0. The highest BCUT2D eigenvalue weighted by molar-refractivity contribution is 6.04. The summed E-state index contributed by atoms with van der Waals surface area (Å²) >= 11 is 0. The van der Waals surface area contributed by atoms with Gasteiger partial charge in [-0.05, 0) is 66.2 Å². The van der Waals surface area contributed by atoms with Crippen LogP contribution in [0.2, 0.25) is 0 Å². The molecular formula is C29H25N3O4. The van der Waals surface area contributed by atoms with Crippen molar-refractivity contribution in [2.45, 2.75) is 6.42 Å². The Morgan fingerprint density at radius 3 is 1.64 bits per heavy atom. The molecule has 3 N–H and O–H groups in total. The van der Waals surface area contributed by atoms with Crippen LogP contribution in [0.1, 0.15) is 36.6 Å². The van der Waals surface area contributed by atoms with E-state index in [4.69, 9.17) is 4.74 Å². The van der Waals surface area contributed by atoms with Crippen LogP contribution >= 0.6 is 0 Å². The van der Waals surface area contributed by atoms with E-state index in [1.54, 1.807) is 72.8 Å². The largest absolute Gasteiger partial charge is 0.493 e. The van der Waals surface area contributed by atoms with Gasteiger partial charge >= 0.3 is 0 Å². The summed E-state index contributed by atoms with van der Waals surface area (Å²) in [6.07, 6.45) is 0.787. The van der Waals surface area contributed by atoms with E-state index in [2.05, 4.69) is 16.2 Å². The number of hydrogen-bond donors (Lipinski definition) is 3. The van der Waals surface area contributed by atoms with Crippen molar-refractivity contribution >= 4 is 23.4 Å². The molecule has 0 spiro atoms. The number of rotatable bonds is 8. The van der Waals surface area contributed by atoms with Gasteiger partial charge in [0.05, 0.1) is 6.61 Å². The average molecular weight is 480 g/mol. The second kappa shape index (κ2) is 12.0. The molecule has 0 aliphatic rings. The lowest BCUT2D eigenvalue weighted by Gasteiger charge is -2.10.